The molecule has 3 heterocycles. The van der Waals surface area contributed by atoms with Crippen molar-refractivity contribution in [2.45, 2.75) is 6.92 Å². The van der Waals surface area contributed by atoms with E-state index in [0.29, 0.717) is 10.8 Å². The molecule has 1 N–H and O–H groups in total. The van der Waals surface area contributed by atoms with Crippen LogP contribution in [-0.2, 0) is 0 Å². The summed E-state index contributed by atoms with van der Waals surface area (Å²) in [7, 11) is 0. The standard InChI is InChI=1S/C10H7N5O2S2/c1-5-11-13-10(19-5)15-8(6-3-2-4-18-6)7(9(16)17)12-14-15/h2-4H,1H3,(H,16,17). The molecule has 0 atom stereocenters. The number of thiophene rings is 1. The molecule has 0 amide bonds. The second kappa shape index (κ2) is 4.52. The molecule has 0 aliphatic carbocycles. The number of rotatable bonds is 3. The van der Waals surface area contributed by atoms with E-state index in [4.69, 9.17) is 0 Å². The van der Waals surface area contributed by atoms with Gasteiger partial charge < -0.3 is 5.11 Å². The lowest BCUT2D eigenvalue weighted by Crippen LogP contribution is -2.02. The van der Waals surface area contributed by atoms with Crippen molar-refractivity contribution in [3.63, 3.8) is 0 Å². The third-order valence-electron chi connectivity index (χ3n) is 2.32. The summed E-state index contributed by atoms with van der Waals surface area (Å²) >= 11 is 2.75. The second-order valence-electron chi connectivity index (χ2n) is 3.58. The van der Waals surface area contributed by atoms with Crippen molar-refractivity contribution in [2.75, 3.05) is 0 Å². The summed E-state index contributed by atoms with van der Waals surface area (Å²) in [6.45, 7) is 1.82. The van der Waals surface area contributed by atoms with Crippen LogP contribution in [0.3, 0.4) is 0 Å². The Morgan fingerprint density at radius 3 is 2.79 bits per heavy atom. The highest BCUT2D eigenvalue weighted by atomic mass is 32.1. The van der Waals surface area contributed by atoms with Crippen LogP contribution in [0.2, 0.25) is 0 Å². The van der Waals surface area contributed by atoms with Gasteiger partial charge in [-0.3, -0.25) is 0 Å². The molecule has 0 radical (unpaired) electrons. The van der Waals surface area contributed by atoms with Crippen LogP contribution in [0.4, 0.5) is 0 Å². The lowest BCUT2D eigenvalue weighted by Gasteiger charge is -2.00. The van der Waals surface area contributed by atoms with Crippen molar-refractivity contribution >= 4 is 28.6 Å². The van der Waals surface area contributed by atoms with Crippen LogP contribution in [0.5, 0.6) is 0 Å². The lowest BCUT2D eigenvalue weighted by atomic mass is 10.3. The molecule has 0 unspecified atom stereocenters. The molecule has 19 heavy (non-hydrogen) atoms. The number of nitrogens with zero attached hydrogens (tertiary/aromatic N) is 5. The summed E-state index contributed by atoms with van der Waals surface area (Å²) in [4.78, 5) is 12.0. The highest BCUT2D eigenvalue weighted by Crippen LogP contribution is 2.29. The third-order valence-corrected chi connectivity index (χ3v) is 4.01. The van der Waals surface area contributed by atoms with Gasteiger partial charge in [0, 0.05) is 0 Å². The fourth-order valence-electron chi connectivity index (χ4n) is 1.57. The molecule has 0 saturated heterocycles. The van der Waals surface area contributed by atoms with E-state index < -0.39 is 5.97 Å². The molecule has 96 valence electrons. The zero-order valence-electron chi connectivity index (χ0n) is 9.64. The van der Waals surface area contributed by atoms with Crippen LogP contribution in [0.15, 0.2) is 17.5 Å². The van der Waals surface area contributed by atoms with E-state index in [1.165, 1.54) is 27.4 Å². The molecule has 3 aromatic heterocycles. The minimum atomic E-state index is -1.11. The summed E-state index contributed by atoms with van der Waals surface area (Å²) in [6.07, 6.45) is 0. The van der Waals surface area contributed by atoms with Crippen LogP contribution in [0, 0.1) is 6.92 Å². The van der Waals surface area contributed by atoms with Crippen molar-refractivity contribution in [3.8, 4) is 15.7 Å². The average Bonchev–Trinajstić information content (AvgIpc) is 3.06. The van der Waals surface area contributed by atoms with Crippen molar-refractivity contribution in [3.05, 3.63) is 28.2 Å². The summed E-state index contributed by atoms with van der Waals surface area (Å²) in [5, 5.41) is 27.8. The second-order valence-corrected chi connectivity index (χ2v) is 5.69. The topological polar surface area (TPSA) is 93.8 Å². The van der Waals surface area contributed by atoms with Gasteiger partial charge in [0.1, 0.15) is 10.7 Å². The predicted molar refractivity (Wildman–Crippen MR) is 69.8 cm³/mol. The molecule has 0 spiro atoms. The van der Waals surface area contributed by atoms with E-state index in [0.717, 1.165) is 9.88 Å². The molecule has 0 bridgehead atoms. The van der Waals surface area contributed by atoms with Gasteiger partial charge in [0.05, 0.1) is 4.88 Å². The van der Waals surface area contributed by atoms with E-state index in [1.807, 2.05) is 24.4 Å². The largest absolute Gasteiger partial charge is 0.476 e. The number of aryl methyl sites for hydroxylation is 1. The van der Waals surface area contributed by atoms with Gasteiger partial charge in [-0.1, -0.05) is 22.6 Å². The number of aromatic nitrogens is 5. The Morgan fingerprint density at radius 2 is 2.21 bits per heavy atom. The third kappa shape index (κ3) is 2.02. The van der Waals surface area contributed by atoms with Crippen LogP contribution >= 0.6 is 22.7 Å². The van der Waals surface area contributed by atoms with E-state index in [2.05, 4.69) is 20.5 Å². The van der Waals surface area contributed by atoms with E-state index >= 15 is 0 Å². The minimum absolute atomic E-state index is 0.0877. The number of carboxylic acids is 1. The fraction of sp³-hybridized carbons (Fsp3) is 0.100. The van der Waals surface area contributed by atoms with Gasteiger partial charge in [0.25, 0.3) is 0 Å². The minimum Gasteiger partial charge on any atom is -0.476 e. The van der Waals surface area contributed by atoms with E-state index in [1.54, 1.807) is 0 Å². The number of carboxylic acid groups (broad SMARTS) is 1. The Hall–Kier alpha value is -2.13. The summed E-state index contributed by atoms with van der Waals surface area (Å²) in [6, 6.07) is 3.66. The SMILES string of the molecule is Cc1nnc(-n2nnc(C(=O)O)c2-c2cccs2)s1. The number of hydrogen-bond acceptors (Lipinski definition) is 7. The van der Waals surface area contributed by atoms with Gasteiger partial charge in [-0.2, -0.15) is 4.68 Å². The molecular formula is C10H7N5O2S2. The number of aromatic carboxylic acids is 1. The van der Waals surface area contributed by atoms with Crippen molar-refractivity contribution in [2.24, 2.45) is 0 Å². The van der Waals surface area contributed by atoms with Gasteiger partial charge in [0.15, 0.2) is 5.69 Å². The highest BCUT2D eigenvalue weighted by Gasteiger charge is 2.23. The molecule has 0 aliphatic rings. The number of carbonyl (C=O) groups is 1. The smallest absolute Gasteiger partial charge is 0.358 e. The normalized spacial score (nSPS) is 10.8. The first-order chi connectivity index (χ1) is 9.16. The quantitative estimate of drug-likeness (QED) is 0.792. The van der Waals surface area contributed by atoms with Crippen LogP contribution in [0.25, 0.3) is 15.7 Å². The zero-order valence-corrected chi connectivity index (χ0v) is 11.3. The predicted octanol–water partition coefficient (Wildman–Crippen LogP) is 1.85. The van der Waals surface area contributed by atoms with Gasteiger partial charge >= 0.3 is 5.97 Å². The van der Waals surface area contributed by atoms with Gasteiger partial charge in [-0.15, -0.1) is 26.6 Å². The maximum absolute atomic E-state index is 11.2. The Balaban J connectivity index is 2.23. The van der Waals surface area contributed by atoms with Crippen molar-refractivity contribution in [1.82, 2.24) is 25.2 Å². The molecule has 7 nitrogen and oxygen atoms in total. The molecule has 3 rings (SSSR count). The van der Waals surface area contributed by atoms with Crippen LogP contribution < -0.4 is 0 Å². The maximum atomic E-state index is 11.2. The molecule has 3 aromatic rings. The van der Waals surface area contributed by atoms with Crippen molar-refractivity contribution < 1.29 is 9.90 Å². The summed E-state index contributed by atoms with van der Waals surface area (Å²) in [5.41, 5.74) is 0.342. The molecule has 0 saturated carbocycles. The van der Waals surface area contributed by atoms with Crippen LogP contribution in [0.1, 0.15) is 15.5 Å². The Bertz CT molecular complexity index is 731. The zero-order chi connectivity index (χ0) is 13.4. The first-order valence-electron chi connectivity index (χ1n) is 5.20. The first kappa shape index (κ1) is 11.9. The summed E-state index contributed by atoms with van der Waals surface area (Å²) in [5.74, 6) is -1.11. The molecular weight excluding hydrogens is 286 g/mol. The van der Waals surface area contributed by atoms with Gasteiger partial charge in [-0.05, 0) is 18.4 Å². The summed E-state index contributed by atoms with van der Waals surface area (Å²) < 4.78 is 1.42. The lowest BCUT2D eigenvalue weighted by molar-refractivity contribution is 0.0691. The van der Waals surface area contributed by atoms with Crippen molar-refractivity contribution in [1.29, 1.82) is 0 Å². The van der Waals surface area contributed by atoms with E-state index in [-0.39, 0.29) is 5.69 Å². The fourth-order valence-corrected chi connectivity index (χ4v) is 2.96. The monoisotopic (exact) mass is 293 g/mol. The van der Waals surface area contributed by atoms with E-state index in [9.17, 15) is 9.90 Å². The first-order valence-corrected chi connectivity index (χ1v) is 6.90. The van der Waals surface area contributed by atoms with Gasteiger partial charge in [0.2, 0.25) is 5.13 Å². The highest BCUT2D eigenvalue weighted by molar-refractivity contribution is 7.14. The Labute approximate surface area is 115 Å². The van der Waals surface area contributed by atoms with Crippen LogP contribution in [-0.4, -0.2) is 36.3 Å². The Morgan fingerprint density at radius 1 is 1.37 bits per heavy atom. The number of hydrogen-bond donors (Lipinski definition) is 1. The molecule has 9 heteroatoms. The Kier molecular flexibility index (Phi) is 2.84. The molecule has 0 fully saturated rings. The average molecular weight is 293 g/mol. The molecule has 0 aliphatic heterocycles. The van der Waals surface area contributed by atoms with Gasteiger partial charge in [-0.25, -0.2) is 4.79 Å². The molecule has 0 aromatic carbocycles. The maximum Gasteiger partial charge on any atom is 0.358 e.